The van der Waals surface area contributed by atoms with Crippen molar-refractivity contribution < 1.29 is 9.53 Å². The number of amides is 1. The summed E-state index contributed by atoms with van der Waals surface area (Å²) in [5.41, 5.74) is 3.88. The van der Waals surface area contributed by atoms with E-state index in [0.717, 1.165) is 33.7 Å². The third-order valence-corrected chi connectivity index (χ3v) is 5.12. The SMILES string of the molecule is CCOc1ccc(CC(=O)NC(c2ccccc2)c2nc3ccccc3n2C)cc1. The molecule has 0 radical (unpaired) electrons. The zero-order chi connectivity index (χ0) is 20.9. The standard InChI is InChI=1S/C25H25N3O2/c1-3-30-20-15-13-18(14-16-20)17-23(29)27-24(19-9-5-4-6-10-19)25-26-21-11-7-8-12-22(21)28(25)2/h4-16,24H,3,17H2,1-2H3,(H,27,29). The highest BCUT2D eigenvalue weighted by Gasteiger charge is 2.22. The van der Waals surface area contributed by atoms with E-state index in [2.05, 4.69) is 5.32 Å². The molecule has 152 valence electrons. The van der Waals surface area contributed by atoms with E-state index in [1.165, 1.54) is 0 Å². The minimum atomic E-state index is -0.334. The van der Waals surface area contributed by atoms with Gasteiger partial charge in [-0.2, -0.15) is 0 Å². The van der Waals surface area contributed by atoms with Gasteiger partial charge in [0.25, 0.3) is 0 Å². The van der Waals surface area contributed by atoms with Gasteiger partial charge in [0.15, 0.2) is 0 Å². The summed E-state index contributed by atoms with van der Waals surface area (Å²) >= 11 is 0. The van der Waals surface area contributed by atoms with E-state index < -0.39 is 0 Å². The Labute approximate surface area is 176 Å². The molecule has 30 heavy (non-hydrogen) atoms. The second kappa shape index (κ2) is 8.82. The van der Waals surface area contributed by atoms with E-state index in [0.29, 0.717) is 13.0 Å². The Morgan fingerprint density at radius 2 is 1.70 bits per heavy atom. The molecule has 0 aliphatic rings. The molecule has 1 atom stereocenters. The van der Waals surface area contributed by atoms with Gasteiger partial charge in [-0.25, -0.2) is 4.98 Å². The van der Waals surface area contributed by atoms with Gasteiger partial charge in [-0.1, -0.05) is 54.6 Å². The van der Waals surface area contributed by atoms with Crippen LogP contribution in [-0.2, 0) is 18.3 Å². The Balaban J connectivity index is 1.60. The number of para-hydroxylation sites is 2. The lowest BCUT2D eigenvalue weighted by molar-refractivity contribution is -0.121. The predicted octanol–water partition coefficient (Wildman–Crippen LogP) is 4.42. The molecule has 0 aliphatic carbocycles. The number of fused-ring (bicyclic) bond motifs is 1. The Hall–Kier alpha value is -3.60. The van der Waals surface area contributed by atoms with Gasteiger partial charge < -0.3 is 14.6 Å². The average molecular weight is 399 g/mol. The molecule has 1 N–H and O–H groups in total. The minimum Gasteiger partial charge on any atom is -0.494 e. The molecule has 3 aromatic carbocycles. The normalized spacial score (nSPS) is 11.9. The average Bonchev–Trinajstić information content (AvgIpc) is 3.11. The number of imidazole rings is 1. The van der Waals surface area contributed by atoms with Crippen LogP contribution in [-0.4, -0.2) is 22.1 Å². The van der Waals surface area contributed by atoms with Gasteiger partial charge in [-0.15, -0.1) is 0 Å². The fraction of sp³-hybridized carbons (Fsp3) is 0.200. The summed E-state index contributed by atoms with van der Waals surface area (Å²) < 4.78 is 7.52. The number of nitrogens with one attached hydrogen (secondary N) is 1. The highest BCUT2D eigenvalue weighted by molar-refractivity contribution is 5.80. The van der Waals surface area contributed by atoms with Crippen LogP contribution >= 0.6 is 0 Å². The molecule has 5 heteroatoms. The largest absolute Gasteiger partial charge is 0.494 e. The van der Waals surface area contributed by atoms with E-state index in [1.54, 1.807) is 0 Å². The fourth-order valence-electron chi connectivity index (χ4n) is 3.63. The molecule has 1 heterocycles. The lowest BCUT2D eigenvalue weighted by Crippen LogP contribution is -2.32. The molecule has 0 aliphatic heterocycles. The van der Waals surface area contributed by atoms with E-state index >= 15 is 0 Å². The molecule has 5 nitrogen and oxygen atoms in total. The molecular formula is C25H25N3O2. The van der Waals surface area contributed by atoms with Crippen molar-refractivity contribution in [3.8, 4) is 5.75 Å². The van der Waals surface area contributed by atoms with Gasteiger partial charge in [-0.05, 0) is 42.3 Å². The number of hydrogen-bond acceptors (Lipinski definition) is 3. The topological polar surface area (TPSA) is 56.1 Å². The quantitative estimate of drug-likeness (QED) is 0.500. The predicted molar refractivity (Wildman–Crippen MR) is 118 cm³/mol. The highest BCUT2D eigenvalue weighted by atomic mass is 16.5. The zero-order valence-electron chi connectivity index (χ0n) is 17.2. The number of nitrogens with zero attached hydrogens (tertiary/aromatic N) is 2. The van der Waals surface area contributed by atoms with E-state index in [9.17, 15) is 4.79 Å². The van der Waals surface area contributed by atoms with Gasteiger partial charge in [0, 0.05) is 7.05 Å². The summed E-state index contributed by atoms with van der Waals surface area (Å²) in [6.07, 6.45) is 0.291. The summed E-state index contributed by atoms with van der Waals surface area (Å²) in [5.74, 6) is 1.56. The van der Waals surface area contributed by atoms with Crippen molar-refractivity contribution >= 4 is 16.9 Å². The minimum absolute atomic E-state index is 0.0555. The maximum Gasteiger partial charge on any atom is 0.225 e. The second-order valence-corrected chi connectivity index (χ2v) is 7.18. The van der Waals surface area contributed by atoms with Crippen LogP contribution in [0.25, 0.3) is 11.0 Å². The van der Waals surface area contributed by atoms with Crippen LogP contribution < -0.4 is 10.1 Å². The van der Waals surface area contributed by atoms with Crippen molar-refractivity contribution in [3.63, 3.8) is 0 Å². The summed E-state index contributed by atoms with van der Waals surface area (Å²) in [5, 5.41) is 3.19. The monoisotopic (exact) mass is 399 g/mol. The third-order valence-electron chi connectivity index (χ3n) is 5.12. The first kappa shape index (κ1) is 19.7. The lowest BCUT2D eigenvalue weighted by Gasteiger charge is -2.19. The molecule has 0 fully saturated rings. The van der Waals surface area contributed by atoms with E-state index in [4.69, 9.17) is 9.72 Å². The maximum absolute atomic E-state index is 12.9. The van der Waals surface area contributed by atoms with E-state index in [-0.39, 0.29) is 11.9 Å². The molecule has 4 aromatic rings. The van der Waals surface area contributed by atoms with Gasteiger partial charge >= 0.3 is 0 Å². The van der Waals surface area contributed by atoms with Crippen molar-refractivity contribution in [2.45, 2.75) is 19.4 Å². The zero-order valence-corrected chi connectivity index (χ0v) is 17.2. The number of ether oxygens (including phenoxy) is 1. The lowest BCUT2D eigenvalue weighted by atomic mass is 10.1. The van der Waals surface area contributed by atoms with Crippen LogP contribution in [0.4, 0.5) is 0 Å². The van der Waals surface area contributed by atoms with Gasteiger partial charge in [0.2, 0.25) is 5.91 Å². The van der Waals surface area contributed by atoms with Gasteiger partial charge in [0.05, 0.1) is 24.1 Å². The molecule has 0 bridgehead atoms. The molecular weight excluding hydrogens is 374 g/mol. The number of rotatable bonds is 7. The summed E-state index contributed by atoms with van der Waals surface area (Å²) in [6.45, 7) is 2.57. The molecule has 1 unspecified atom stereocenters. The molecule has 4 rings (SSSR count). The number of benzene rings is 3. The van der Waals surface area contributed by atoms with E-state index in [1.807, 2.05) is 97.4 Å². The summed E-state index contributed by atoms with van der Waals surface area (Å²) in [4.78, 5) is 17.7. The Kier molecular flexibility index (Phi) is 5.80. The third kappa shape index (κ3) is 4.20. The van der Waals surface area contributed by atoms with Crippen LogP contribution in [0, 0.1) is 0 Å². The first-order valence-electron chi connectivity index (χ1n) is 10.1. The number of carbonyl (C=O) groups excluding carboxylic acids is 1. The number of aromatic nitrogens is 2. The Bertz CT molecular complexity index is 1130. The first-order chi connectivity index (χ1) is 14.7. The van der Waals surface area contributed by atoms with Crippen LogP contribution in [0.2, 0.25) is 0 Å². The van der Waals surface area contributed by atoms with Crippen LogP contribution in [0.15, 0.2) is 78.9 Å². The van der Waals surface area contributed by atoms with Crippen LogP contribution in [0.3, 0.4) is 0 Å². The summed E-state index contributed by atoms with van der Waals surface area (Å²) in [6, 6.07) is 25.3. The Morgan fingerprint density at radius 3 is 2.40 bits per heavy atom. The van der Waals surface area contributed by atoms with Crippen molar-refractivity contribution in [1.29, 1.82) is 0 Å². The molecule has 0 saturated heterocycles. The smallest absolute Gasteiger partial charge is 0.225 e. The fourth-order valence-corrected chi connectivity index (χ4v) is 3.63. The molecule has 1 aromatic heterocycles. The van der Waals surface area contributed by atoms with Crippen LogP contribution in [0.5, 0.6) is 5.75 Å². The van der Waals surface area contributed by atoms with Crippen molar-refractivity contribution in [1.82, 2.24) is 14.9 Å². The molecule has 1 amide bonds. The number of aryl methyl sites for hydroxylation is 1. The van der Waals surface area contributed by atoms with Gasteiger partial charge in [-0.3, -0.25) is 4.79 Å². The Morgan fingerprint density at radius 1 is 1.00 bits per heavy atom. The molecule has 0 spiro atoms. The number of hydrogen-bond donors (Lipinski definition) is 1. The van der Waals surface area contributed by atoms with Crippen molar-refractivity contribution in [2.24, 2.45) is 7.05 Å². The maximum atomic E-state index is 12.9. The van der Waals surface area contributed by atoms with Crippen LogP contribution in [0.1, 0.15) is 29.9 Å². The second-order valence-electron chi connectivity index (χ2n) is 7.18. The van der Waals surface area contributed by atoms with Gasteiger partial charge in [0.1, 0.15) is 17.6 Å². The molecule has 0 saturated carbocycles. The number of carbonyl (C=O) groups is 1. The summed E-state index contributed by atoms with van der Waals surface area (Å²) in [7, 11) is 1.99. The van der Waals surface area contributed by atoms with Crippen molar-refractivity contribution in [3.05, 3.63) is 95.8 Å². The first-order valence-corrected chi connectivity index (χ1v) is 10.1. The van der Waals surface area contributed by atoms with Crippen molar-refractivity contribution in [2.75, 3.05) is 6.61 Å². The highest BCUT2D eigenvalue weighted by Crippen LogP contribution is 2.25.